The predicted molar refractivity (Wildman–Crippen MR) is 66.0 cm³/mol. The maximum absolute atomic E-state index is 9.71. The van der Waals surface area contributed by atoms with Crippen molar-refractivity contribution < 1.29 is 14.6 Å². The van der Waals surface area contributed by atoms with Gasteiger partial charge in [0.2, 0.25) is 0 Å². The van der Waals surface area contributed by atoms with E-state index in [0.717, 1.165) is 12.8 Å². The van der Waals surface area contributed by atoms with Gasteiger partial charge in [-0.25, -0.2) is 0 Å². The van der Waals surface area contributed by atoms with E-state index in [9.17, 15) is 5.11 Å². The fourth-order valence-corrected chi connectivity index (χ4v) is 2.74. The van der Waals surface area contributed by atoms with Gasteiger partial charge in [0.15, 0.2) is 0 Å². The minimum atomic E-state index is -0.495. The highest BCUT2D eigenvalue weighted by atomic mass is 16.5. The van der Waals surface area contributed by atoms with Crippen molar-refractivity contribution in [3.63, 3.8) is 0 Å². The topological polar surface area (TPSA) is 50.7 Å². The molecule has 2 heterocycles. The molecule has 2 aliphatic heterocycles. The van der Waals surface area contributed by atoms with Crippen molar-refractivity contribution in [2.45, 2.75) is 69.9 Å². The number of hydrogen-bond acceptors (Lipinski definition) is 4. The second kappa shape index (κ2) is 6.14. The van der Waals surface area contributed by atoms with Crippen LogP contribution < -0.4 is 5.32 Å². The van der Waals surface area contributed by atoms with Crippen molar-refractivity contribution in [3.8, 4) is 0 Å². The van der Waals surface area contributed by atoms with Crippen LogP contribution in [0.1, 0.15) is 39.5 Å². The zero-order valence-electron chi connectivity index (χ0n) is 10.9. The molecule has 0 aliphatic carbocycles. The zero-order valence-corrected chi connectivity index (χ0v) is 10.9. The molecule has 17 heavy (non-hydrogen) atoms. The van der Waals surface area contributed by atoms with Gasteiger partial charge in [0.25, 0.3) is 0 Å². The maximum Gasteiger partial charge on any atom is 0.101 e. The molecule has 0 spiro atoms. The van der Waals surface area contributed by atoms with Crippen molar-refractivity contribution in [2.75, 3.05) is 13.2 Å². The summed E-state index contributed by atoms with van der Waals surface area (Å²) in [5, 5.41) is 13.3. The van der Waals surface area contributed by atoms with Crippen molar-refractivity contribution >= 4 is 0 Å². The van der Waals surface area contributed by atoms with Crippen LogP contribution in [0.4, 0.5) is 0 Å². The first-order valence-corrected chi connectivity index (χ1v) is 6.80. The normalized spacial score (nSPS) is 34.2. The van der Waals surface area contributed by atoms with Crippen molar-refractivity contribution in [1.29, 1.82) is 0 Å². The van der Waals surface area contributed by atoms with Crippen LogP contribution in [0, 0.1) is 0 Å². The van der Waals surface area contributed by atoms with E-state index in [1.807, 2.05) is 13.8 Å². The lowest BCUT2D eigenvalue weighted by atomic mass is 10.0. The lowest BCUT2D eigenvalue weighted by Crippen LogP contribution is -2.42. The molecular formula is C13H25NO3. The largest absolute Gasteiger partial charge is 0.388 e. The summed E-state index contributed by atoms with van der Waals surface area (Å²) >= 11 is 0. The molecule has 0 radical (unpaired) electrons. The molecule has 0 aromatic rings. The fourth-order valence-electron chi connectivity index (χ4n) is 2.74. The van der Waals surface area contributed by atoms with Crippen molar-refractivity contribution in [3.05, 3.63) is 0 Å². The second-order valence-corrected chi connectivity index (χ2v) is 5.60. The van der Waals surface area contributed by atoms with E-state index in [0.29, 0.717) is 31.4 Å². The van der Waals surface area contributed by atoms with E-state index >= 15 is 0 Å². The van der Waals surface area contributed by atoms with E-state index in [1.165, 1.54) is 12.8 Å². The molecular weight excluding hydrogens is 218 g/mol. The summed E-state index contributed by atoms with van der Waals surface area (Å²) < 4.78 is 11.1. The highest BCUT2D eigenvalue weighted by Crippen LogP contribution is 2.28. The summed E-state index contributed by atoms with van der Waals surface area (Å²) in [6, 6.07) is 1.28. The molecule has 2 saturated heterocycles. The average molecular weight is 243 g/mol. The molecule has 0 amide bonds. The number of fused-ring (bicyclic) bond motifs is 2. The molecule has 100 valence electrons. The standard InChI is InChI=1S/C13H25NO3/c1-9(2)16-7-12(15)8-17-13-5-10-3-4-11(6-13)14-10/h9-15H,3-8H2,1-2H3. The molecule has 2 bridgehead atoms. The van der Waals surface area contributed by atoms with E-state index in [-0.39, 0.29) is 6.10 Å². The zero-order chi connectivity index (χ0) is 12.3. The van der Waals surface area contributed by atoms with Gasteiger partial charge in [0.1, 0.15) is 6.10 Å². The Morgan fingerprint density at radius 1 is 1.18 bits per heavy atom. The molecule has 2 fully saturated rings. The van der Waals surface area contributed by atoms with Crippen LogP contribution >= 0.6 is 0 Å². The first kappa shape index (κ1) is 13.3. The highest BCUT2D eigenvalue weighted by Gasteiger charge is 2.33. The SMILES string of the molecule is CC(C)OCC(O)COC1CC2CCC(C1)N2. The summed E-state index contributed by atoms with van der Waals surface area (Å²) in [6.07, 6.45) is 4.74. The van der Waals surface area contributed by atoms with E-state index in [4.69, 9.17) is 9.47 Å². The molecule has 2 N–H and O–H groups in total. The maximum atomic E-state index is 9.71. The van der Waals surface area contributed by atoms with Crippen LogP contribution in [0.15, 0.2) is 0 Å². The number of aliphatic hydroxyl groups excluding tert-OH is 1. The molecule has 3 unspecified atom stereocenters. The molecule has 2 aliphatic rings. The van der Waals surface area contributed by atoms with Gasteiger partial charge in [-0.1, -0.05) is 0 Å². The quantitative estimate of drug-likeness (QED) is 0.733. The smallest absolute Gasteiger partial charge is 0.101 e. The van der Waals surface area contributed by atoms with Gasteiger partial charge in [0.05, 0.1) is 25.4 Å². The van der Waals surface area contributed by atoms with Crippen LogP contribution in [0.2, 0.25) is 0 Å². The van der Waals surface area contributed by atoms with Crippen molar-refractivity contribution in [2.24, 2.45) is 0 Å². The van der Waals surface area contributed by atoms with Gasteiger partial charge in [-0.2, -0.15) is 0 Å². The first-order valence-electron chi connectivity index (χ1n) is 6.80. The molecule has 2 rings (SSSR count). The summed E-state index contributed by atoms with van der Waals surface area (Å²) in [7, 11) is 0. The Labute approximate surface area is 104 Å². The van der Waals surface area contributed by atoms with Gasteiger partial charge < -0.3 is 19.9 Å². The van der Waals surface area contributed by atoms with Crippen molar-refractivity contribution in [1.82, 2.24) is 5.32 Å². The monoisotopic (exact) mass is 243 g/mol. The predicted octanol–water partition coefficient (Wildman–Crippen LogP) is 1.07. The molecule has 4 heteroatoms. The molecule has 0 saturated carbocycles. The Kier molecular flexibility index (Phi) is 4.79. The first-order chi connectivity index (χ1) is 8.13. The molecule has 4 nitrogen and oxygen atoms in total. The molecule has 3 atom stereocenters. The van der Waals surface area contributed by atoms with Gasteiger partial charge in [-0.3, -0.25) is 0 Å². The number of aliphatic hydroxyl groups is 1. The minimum Gasteiger partial charge on any atom is -0.388 e. The minimum absolute atomic E-state index is 0.166. The Bertz CT molecular complexity index is 223. The third kappa shape index (κ3) is 4.21. The van der Waals surface area contributed by atoms with Gasteiger partial charge in [0, 0.05) is 12.1 Å². The number of piperidine rings is 1. The van der Waals surface area contributed by atoms with Gasteiger partial charge >= 0.3 is 0 Å². The lowest BCUT2D eigenvalue weighted by molar-refractivity contribution is -0.0647. The van der Waals surface area contributed by atoms with E-state index in [1.54, 1.807) is 0 Å². The number of nitrogens with one attached hydrogen (secondary N) is 1. The summed E-state index contributed by atoms with van der Waals surface area (Å²) in [5.41, 5.74) is 0. The van der Waals surface area contributed by atoms with Crippen LogP contribution in [0.3, 0.4) is 0 Å². The number of rotatable bonds is 6. The number of ether oxygens (including phenoxy) is 2. The highest BCUT2D eigenvalue weighted by molar-refractivity contribution is 4.92. The van der Waals surface area contributed by atoms with Crippen LogP contribution in [0.5, 0.6) is 0 Å². The van der Waals surface area contributed by atoms with Gasteiger partial charge in [-0.15, -0.1) is 0 Å². The number of hydrogen-bond donors (Lipinski definition) is 2. The van der Waals surface area contributed by atoms with E-state index in [2.05, 4.69) is 5.32 Å². The fraction of sp³-hybridized carbons (Fsp3) is 1.00. The second-order valence-electron chi connectivity index (χ2n) is 5.60. The lowest BCUT2D eigenvalue weighted by Gasteiger charge is -2.29. The Balaban J connectivity index is 1.61. The van der Waals surface area contributed by atoms with E-state index < -0.39 is 6.10 Å². The average Bonchev–Trinajstić information content (AvgIpc) is 2.63. The van der Waals surface area contributed by atoms with Crippen LogP contribution in [-0.2, 0) is 9.47 Å². The Morgan fingerprint density at radius 2 is 1.82 bits per heavy atom. The third-order valence-electron chi connectivity index (χ3n) is 3.58. The van der Waals surface area contributed by atoms with Gasteiger partial charge in [-0.05, 0) is 39.5 Å². The summed E-state index contributed by atoms with van der Waals surface area (Å²) in [4.78, 5) is 0. The summed E-state index contributed by atoms with van der Waals surface area (Å²) in [5.74, 6) is 0. The van der Waals surface area contributed by atoms with Crippen LogP contribution in [0.25, 0.3) is 0 Å². The Hall–Kier alpha value is -0.160. The summed E-state index contributed by atoms with van der Waals surface area (Å²) in [6.45, 7) is 4.71. The van der Waals surface area contributed by atoms with Crippen LogP contribution in [-0.4, -0.2) is 48.7 Å². The Morgan fingerprint density at radius 3 is 2.41 bits per heavy atom. The molecule has 0 aromatic heterocycles. The third-order valence-corrected chi connectivity index (χ3v) is 3.58. The molecule has 0 aromatic carbocycles.